The van der Waals surface area contributed by atoms with E-state index in [9.17, 15) is 8.42 Å². The fourth-order valence-corrected chi connectivity index (χ4v) is 4.88. The molecule has 1 heterocycles. The Hall–Kier alpha value is -0.540. The normalized spacial score (nSPS) is 23.4. The van der Waals surface area contributed by atoms with E-state index in [0.29, 0.717) is 6.42 Å². The fourth-order valence-electron chi connectivity index (χ4n) is 2.58. The highest BCUT2D eigenvalue weighted by atomic mass is 35.5. The van der Waals surface area contributed by atoms with Gasteiger partial charge in [-0.2, -0.15) is 0 Å². The van der Waals surface area contributed by atoms with E-state index in [2.05, 4.69) is 19.1 Å². The predicted octanol–water partition coefficient (Wildman–Crippen LogP) is 3.74. The maximum atomic E-state index is 11.5. The molecule has 2 nitrogen and oxygen atoms in total. The van der Waals surface area contributed by atoms with Crippen LogP contribution in [0.1, 0.15) is 42.7 Å². The van der Waals surface area contributed by atoms with Crippen LogP contribution in [0.2, 0.25) is 0 Å². The third-order valence-corrected chi connectivity index (χ3v) is 6.20. The Balaban J connectivity index is 2.01. The number of alkyl halides is 1. The highest BCUT2D eigenvalue weighted by Gasteiger charge is 2.33. The minimum atomic E-state index is -2.85. The Labute approximate surface area is 121 Å². The van der Waals surface area contributed by atoms with Crippen molar-refractivity contribution in [2.75, 3.05) is 11.5 Å². The van der Waals surface area contributed by atoms with Gasteiger partial charge in [0.15, 0.2) is 9.84 Å². The van der Waals surface area contributed by atoms with Crippen LogP contribution in [0.25, 0.3) is 0 Å². The van der Waals surface area contributed by atoms with Crippen LogP contribution in [-0.4, -0.2) is 19.9 Å². The van der Waals surface area contributed by atoms with Gasteiger partial charge in [0.2, 0.25) is 0 Å². The molecular formula is C15H21ClO2S. The first-order valence-corrected chi connectivity index (χ1v) is 9.21. The number of benzene rings is 1. The molecule has 2 unspecified atom stereocenters. The molecule has 19 heavy (non-hydrogen) atoms. The molecule has 0 N–H and O–H groups in total. The van der Waals surface area contributed by atoms with Crippen molar-refractivity contribution >= 4 is 21.4 Å². The van der Waals surface area contributed by atoms with Gasteiger partial charge in [0, 0.05) is 0 Å². The highest BCUT2D eigenvalue weighted by Crippen LogP contribution is 2.36. The van der Waals surface area contributed by atoms with Crippen molar-refractivity contribution in [3.63, 3.8) is 0 Å². The van der Waals surface area contributed by atoms with E-state index < -0.39 is 9.84 Å². The first-order valence-electron chi connectivity index (χ1n) is 6.95. The average molecular weight is 301 g/mol. The second kappa shape index (κ2) is 6.27. The van der Waals surface area contributed by atoms with E-state index in [1.807, 2.05) is 12.1 Å². The molecule has 0 saturated carbocycles. The number of unbranched alkanes of at least 4 members (excludes halogenated alkanes) is 1. The van der Waals surface area contributed by atoms with Gasteiger partial charge in [-0.25, -0.2) is 8.42 Å². The van der Waals surface area contributed by atoms with Crippen LogP contribution in [0.5, 0.6) is 0 Å². The third-order valence-electron chi connectivity index (χ3n) is 3.80. The number of hydrogen-bond donors (Lipinski definition) is 0. The van der Waals surface area contributed by atoms with E-state index in [1.54, 1.807) is 0 Å². The third kappa shape index (κ3) is 3.96. The molecule has 1 aromatic carbocycles. The van der Waals surface area contributed by atoms with E-state index in [0.717, 1.165) is 12.0 Å². The Morgan fingerprint density at radius 1 is 1.32 bits per heavy atom. The molecule has 0 radical (unpaired) electrons. The summed E-state index contributed by atoms with van der Waals surface area (Å²) in [4.78, 5) is 0. The minimum absolute atomic E-state index is 0.0631. The molecule has 1 aromatic rings. The number of halogens is 1. The van der Waals surface area contributed by atoms with Crippen molar-refractivity contribution in [3.8, 4) is 0 Å². The predicted molar refractivity (Wildman–Crippen MR) is 80.4 cm³/mol. The van der Waals surface area contributed by atoms with Crippen molar-refractivity contribution in [3.05, 3.63) is 35.4 Å². The Kier molecular flexibility index (Phi) is 4.91. The lowest BCUT2D eigenvalue weighted by Gasteiger charge is -2.16. The van der Waals surface area contributed by atoms with E-state index >= 15 is 0 Å². The van der Waals surface area contributed by atoms with Crippen molar-refractivity contribution in [1.82, 2.24) is 0 Å². The molecule has 1 aliphatic rings. The molecule has 2 rings (SSSR count). The van der Waals surface area contributed by atoms with Gasteiger partial charge in [0.25, 0.3) is 0 Å². The number of sulfone groups is 1. The molecule has 1 fully saturated rings. The summed E-state index contributed by atoms with van der Waals surface area (Å²) in [6.07, 6.45) is 4.18. The van der Waals surface area contributed by atoms with Gasteiger partial charge in [-0.05, 0) is 36.3 Å². The zero-order chi connectivity index (χ0) is 13.9. The lowest BCUT2D eigenvalue weighted by molar-refractivity contribution is 0.568. The smallest absolute Gasteiger partial charge is 0.150 e. The lowest BCUT2D eigenvalue weighted by atomic mass is 9.96. The largest absolute Gasteiger partial charge is 0.229 e. The molecule has 106 valence electrons. The molecule has 1 aliphatic heterocycles. The van der Waals surface area contributed by atoms with Gasteiger partial charge in [-0.1, -0.05) is 37.6 Å². The van der Waals surface area contributed by atoms with Crippen molar-refractivity contribution in [2.45, 2.75) is 38.0 Å². The summed E-state index contributed by atoms with van der Waals surface area (Å²) in [7, 11) is -2.85. The summed E-state index contributed by atoms with van der Waals surface area (Å²) >= 11 is 6.43. The quantitative estimate of drug-likeness (QED) is 0.776. The topological polar surface area (TPSA) is 34.1 Å². The molecule has 0 aromatic heterocycles. The highest BCUT2D eigenvalue weighted by molar-refractivity contribution is 7.91. The minimum Gasteiger partial charge on any atom is -0.229 e. The van der Waals surface area contributed by atoms with Gasteiger partial charge >= 0.3 is 0 Å². The van der Waals surface area contributed by atoms with Gasteiger partial charge in [0.1, 0.15) is 0 Å². The summed E-state index contributed by atoms with van der Waals surface area (Å²) in [6, 6.07) is 8.33. The van der Waals surface area contributed by atoms with Crippen LogP contribution in [0.15, 0.2) is 24.3 Å². The van der Waals surface area contributed by atoms with Crippen molar-refractivity contribution in [2.24, 2.45) is 5.92 Å². The van der Waals surface area contributed by atoms with Gasteiger partial charge < -0.3 is 0 Å². The maximum absolute atomic E-state index is 11.5. The summed E-state index contributed by atoms with van der Waals surface area (Å²) in [5, 5.41) is -0.183. The van der Waals surface area contributed by atoms with Crippen LogP contribution < -0.4 is 0 Å². The van der Waals surface area contributed by atoms with Crippen LogP contribution in [0, 0.1) is 5.92 Å². The molecular weight excluding hydrogens is 280 g/mol. The van der Waals surface area contributed by atoms with Crippen molar-refractivity contribution in [1.29, 1.82) is 0 Å². The summed E-state index contributed by atoms with van der Waals surface area (Å²) in [5.41, 5.74) is 2.37. The van der Waals surface area contributed by atoms with E-state index in [-0.39, 0.29) is 22.8 Å². The fraction of sp³-hybridized carbons (Fsp3) is 0.600. The second-order valence-electron chi connectivity index (χ2n) is 5.41. The first kappa shape index (κ1) is 14.9. The number of hydrogen-bond acceptors (Lipinski definition) is 2. The van der Waals surface area contributed by atoms with Gasteiger partial charge in [0.05, 0.1) is 16.9 Å². The summed E-state index contributed by atoms with van der Waals surface area (Å²) < 4.78 is 23.0. The monoisotopic (exact) mass is 300 g/mol. The Morgan fingerprint density at radius 2 is 2.00 bits per heavy atom. The van der Waals surface area contributed by atoms with E-state index in [1.165, 1.54) is 18.4 Å². The SMILES string of the molecule is CCCCc1ccc(C(Cl)C2CCS(=O)(=O)C2)cc1. The molecule has 2 atom stereocenters. The first-order chi connectivity index (χ1) is 9.02. The van der Waals surface area contributed by atoms with Crippen LogP contribution in [0.3, 0.4) is 0 Å². The molecule has 1 saturated heterocycles. The maximum Gasteiger partial charge on any atom is 0.150 e. The molecule has 0 bridgehead atoms. The Morgan fingerprint density at radius 3 is 2.53 bits per heavy atom. The zero-order valence-corrected chi connectivity index (χ0v) is 12.9. The lowest BCUT2D eigenvalue weighted by Crippen LogP contribution is -2.10. The zero-order valence-electron chi connectivity index (χ0n) is 11.3. The standard InChI is InChI=1S/C15H21ClO2S/c1-2-3-4-12-5-7-13(8-6-12)15(16)14-9-10-19(17,18)11-14/h5-8,14-15H,2-4,9-11H2,1H3. The molecule has 0 spiro atoms. The van der Waals surface area contributed by atoms with Crippen LogP contribution in [0.4, 0.5) is 0 Å². The second-order valence-corrected chi connectivity index (χ2v) is 8.11. The molecule has 0 aliphatic carbocycles. The molecule has 0 amide bonds. The van der Waals surface area contributed by atoms with Gasteiger partial charge in [-0.3, -0.25) is 0 Å². The molecule has 4 heteroatoms. The number of aryl methyl sites for hydroxylation is 1. The Bertz CT molecular complexity index is 507. The van der Waals surface area contributed by atoms with Crippen molar-refractivity contribution < 1.29 is 8.42 Å². The number of rotatable bonds is 5. The van der Waals surface area contributed by atoms with Crippen LogP contribution >= 0.6 is 11.6 Å². The summed E-state index contributed by atoms with van der Waals surface area (Å²) in [5.74, 6) is 0.585. The van der Waals surface area contributed by atoms with Crippen LogP contribution in [-0.2, 0) is 16.3 Å². The average Bonchev–Trinajstić information content (AvgIpc) is 2.76. The van der Waals surface area contributed by atoms with E-state index in [4.69, 9.17) is 11.6 Å². The summed E-state index contributed by atoms with van der Waals surface area (Å²) in [6.45, 7) is 2.18. The van der Waals surface area contributed by atoms with Gasteiger partial charge in [-0.15, -0.1) is 11.6 Å².